The molecule has 0 amide bonds. The average Bonchev–Trinajstić information content (AvgIpc) is 2.51. The smallest absolute Gasteiger partial charge is 0.314 e. The Labute approximate surface area is 169 Å². The number of nitrogens with one attached hydrogen (secondary N) is 3. The third kappa shape index (κ3) is 19.1. The van der Waals surface area contributed by atoms with Gasteiger partial charge in [-0.25, -0.2) is 0 Å². The molecule has 0 radical (unpaired) electrons. The zero-order valence-corrected chi connectivity index (χ0v) is 17.0. The van der Waals surface area contributed by atoms with Gasteiger partial charge in [-0.3, -0.25) is 20.8 Å². The van der Waals surface area contributed by atoms with Gasteiger partial charge in [0.25, 0.3) is 0 Å². The summed E-state index contributed by atoms with van der Waals surface area (Å²) in [6.07, 6.45) is 0. The quantitative estimate of drug-likeness (QED) is 0.132. The van der Waals surface area contributed by atoms with E-state index in [0.717, 1.165) is 0 Å². The van der Waals surface area contributed by atoms with E-state index < -0.39 is 8.25 Å². The van der Waals surface area contributed by atoms with Gasteiger partial charge in [0.2, 0.25) is 0 Å². The first-order chi connectivity index (χ1) is 11.4. The second kappa shape index (κ2) is 21.0. The van der Waals surface area contributed by atoms with Crippen LogP contribution in [0.2, 0.25) is 25.1 Å². The Balaban J connectivity index is -0.000000141. The first-order valence-electron chi connectivity index (χ1n) is 5.13. The van der Waals surface area contributed by atoms with Crippen molar-refractivity contribution in [3.63, 3.8) is 0 Å². The number of benzene rings is 1. The molecule has 0 spiro atoms. The summed E-state index contributed by atoms with van der Waals surface area (Å²) in [6, 6.07) is 0. The van der Waals surface area contributed by atoms with Gasteiger partial charge in [-0.1, -0.05) is 58.0 Å². The molecule has 0 saturated carbocycles. The van der Waals surface area contributed by atoms with Gasteiger partial charge in [0, 0.05) is 0 Å². The average molecular weight is 471 g/mol. The van der Waals surface area contributed by atoms with E-state index in [1.54, 1.807) is 17.6 Å². The molecule has 0 atom stereocenters. The molecule has 0 bridgehead atoms. The lowest BCUT2D eigenvalue weighted by Crippen LogP contribution is -1.78. The van der Waals surface area contributed by atoms with E-state index in [-0.39, 0.29) is 30.9 Å². The van der Waals surface area contributed by atoms with E-state index in [1.807, 2.05) is 0 Å². The highest BCUT2D eigenvalue weighted by atomic mass is 35.5. The highest BCUT2D eigenvalue weighted by Gasteiger charge is 2.18. The first kappa shape index (κ1) is 31.7. The van der Waals surface area contributed by atoms with Gasteiger partial charge in [0.05, 0.1) is 15.1 Å². The lowest BCUT2D eigenvalue weighted by molar-refractivity contribution is 0.405. The van der Waals surface area contributed by atoms with Crippen molar-refractivity contribution in [1.29, 1.82) is 16.2 Å². The fourth-order valence-corrected chi connectivity index (χ4v) is 1.72. The predicted molar refractivity (Wildman–Crippen MR) is 107 cm³/mol. The van der Waals surface area contributed by atoms with Crippen LogP contribution in [0.4, 0.5) is 0 Å². The minimum Gasteiger partial charge on any atom is -0.505 e. The number of aromatic hydroxyl groups is 1. The second-order valence-corrected chi connectivity index (χ2v) is 5.19. The Hall–Kier alpha value is -1.03. The molecule has 0 aliphatic heterocycles. The standard InChI is InChI=1S/C6HCl5O.3C2H3N.H3O3P/c7-1-2(8)4(10)6(12)5(11)3(1)9;3*1-2-3;1-4(2)3/h12H;3*3H,1H2;4H,(H2,1,2,3). The first-order valence-corrected chi connectivity index (χ1v) is 8.32. The molecule has 1 aromatic rings. The molecule has 0 saturated heterocycles. The molecular formula is C12H13Cl5N3O4P. The van der Waals surface area contributed by atoms with Gasteiger partial charge in [-0.2, -0.15) is 0 Å². The number of rotatable bonds is 0. The van der Waals surface area contributed by atoms with E-state index in [2.05, 4.69) is 19.7 Å². The van der Waals surface area contributed by atoms with Crippen molar-refractivity contribution in [3.8, 4) is 5.75 Å². The van der Waals surface area contributed by atoms with Gasteiger partial charge in [-0.15, -0.1) is 0 Å². The number of phenolic OH excluding ortho intramolecular Hbond substituents is 1. The maximum atomic E-state index is 9.20. The SMILES string of the molecule is C=C=N.C=C=N.C=C=N.O=[PH](O)O.Oc1c(Cl)c(Cl)c(Cl)c(Cl)c1Cl. The molecule has 1 rings (SSSR count). The number of halogens is 5. The number of phenols is 1. The summed E-state index contributed by atoms with van der Waals surface area (Å²) in [5, 5.41) is 26.6. The normalized spacial score (nSPS) is 7.36. The lowest BCUT2D eigenvalue weighted by Gasteiger charge is -2.06. The van der Waals surface area contributed by atoms with E-state index in [0.29, 0.717) is 0 Å². The highest BCUT2D eigenvalue weighted by molar-refractivity contribution is 7.30. The molecule has 6 N–H and O–H groups in total. The van der Waals surface area contributed by atoms with Crippen LogP contribution in [0.5, 0.6) is 5.75 Å². The number of hydrogen-bond acceptors (Lipinski definition) is 5. The van der Waals surface area contributed by atoms with Crippen LogP contribution in [0.25, 0.3) is 0 Å². The van der Waals surface area contributed by atoms with Crippen molar-refractivity contribution in [2.45, 2.75) is 0 Å². The number of hydrogen-bond donors (Lipinski definition) is 6. The summed E-state index contributed by atoms with van der Waals surface area (Å²) in [6.45, 7) is 8.71. The fourth-order valence-electron chi connectivity index (χ4n) is 0.593. The summed E-state index contributed by atoms with van der Waals surface area (Å²) in [5.41, 5.74) is 0. The maximum Gasteiger partial charge on any atom is 0.314 e. The van der Waals surface area contributed by atoms with Crippen LogP contribution < -0.4 is 0 Å². The third-order valence-electron chi connectivity index (χ3n) is 1.19. The Morgan fingerprint density at radius 1 is 0.720 bits per heavy atom. The molecule has 140 valence electrons. The Kier molecular flexibility index (Phi) is 26.7. The highest BCUT2D eigenvalue weighted by Crippen LogP contribution is 2.47. The largest absolute Gasteiger partial charge is 0.505 e. The van der Waals surface area contributed by atoms with E-state index in [4.69, 9.17) is 88.6 Å². The minimum absolute atomic E-state index is 0.00904. The van der Waals surface area contributed by atoms with Crippen molar-refractivity contribution in [1.82, 2.24) is 0 Å². The molecule has 0 aliphatic rings. The maximum absolute atomic E-state index is 9.20. The predicted octanol–water partition coefficient (Wildman–Crippen LogP) is 5.28. The van der Waals surface area contributed by atoms with Gasteiger partial charge in [-0.05, 0) is 37.3 Å². The summed E-state index contributed by atoms with van der Waals surface area (Å²) < 4.78 is 8.74. The molecular weight excluding hydrogens is 458 g/mol. The van der Waals surface area contributed by atoms with E-state index in [1.165, 1.54) is 0 Å². The van der Waals surface area contributed by atoms with E-state index in [9.17, 15) is 5.11 Å². The summed E-state index contributed by atoms with van der Waals surface area (Å²) in [7, 11) is -3.13. The molecule has 0 aliphatic carbocycles. The van der Waals surface area contributed by atoms with Gasteiger partial charge < -0.3 is 14.9 Å². The summed E-state index contributed by atoms with van der Waals surface area (Å²) in [4.78, 5) is 14.3. The fraction of sp³-hybridized carbons (Fsp3) is 0. The van der Waals surface area contributed by atoms with Gasteiger partial charge in [0.1, 0.15) is 10.0 Å². The summed E-state index contributed by atoms with van der Waals surface area (Å²) >= 11 is 27.9. The Bertz CT molecular complexity index is 530. The second-order valence-electron chi connectivity index (χ2n) is 2.73. The van der Waals surface area contributed by atoms with Crippen molar-refractivity contribution < 1.29 is 19.5 Å². The molecule has 0 fully saturated rings. The van der Waals surface area contributed by atoms with Gasteiger partial charge >= 0.3 is 8.25 Å². The topological polar surface area (TPSA) is 149 Å². The van der Waals surface area contributed by atoms with E-state index >= 15 is 0 Å². The zero-order valence-electron chi connectivity index (χ0n) is 12.3. The molecule has 0 aromatic heterocycles. The van der Waals surface area contributed by atoms with Crippen LogP contribution >= 0.6 is 66.3 Å². The van der Waals surface area contributed by atoms with Crippen molar-refractivity contribution in [2.24, 2.45) is 0 Å². The molecule has 7 nitrogen and oxygen atoms in total. The minimum atomic E-state index is -3.13. The van der Waals surface area contributed by atoms with Gasteiger partial charge in [0.15, 0.2) is 5.75 Å². The monoisotopic (exact) mass is 469 g/mol. The summed E-state index contributed by atoms with van der Waals surface area (Å²) in [5.74, 6) is 4.89. The van der Waals surface area contributed by atoms with Crippen LogP contribution in [0.1, 0.15) is 0 Å². The van der Waals surface area contributed by atoms with Crippen LogP contribution in [-0.4, -0.2) is 32.5 Å². The zero-order chi connectivity index (χ0) is 21.2. The third-order valence-corrected chi connectivity index (χ3v) is 3.44. The van der Waals surface area contributed by atoms with Crippen LogP contribution in [0, 0.1) is 16.2 Å². The molecule has 1 aromatic carbocycles. The molecule has 0 unspecified atom stereocenters. The Morgan fingerprint density at radius 3 is 1.00 bits per heavy atom. The molecule has 25 heavy (non-hydrogen) atoms. The Morgan fingerprint density at radius 2 is 0.840 bits per heavy atom. The van der Waals surface area contributed by atoms with Crippen molar-refractivity contribution in [3.05, 3.63) is 44.8 Å². The molecule has 13 heteroatoms. The van der Waals surface area contributed by atoms with Crippen LogP contribution in [0.15, 0.2) is 19.7 Å². The van der Waals surface area contributed by atoms with Crippen LogP contribution in [-0.2, 0) is 4.57 Å². The van der Waals surface area contributed by atoms with Crippen molar-refractivity contribution in [2.75, 3.05) is 0 Å². The van der Waals surface area contributed by atoms with Crippen LogP contribution in [0.3, 0.4) is 0 Å². The van der Waals surface area contributed by atoms with Crippen molar-refractivity contribution >= 4 is 83.9 Å². The molecule has 0 heterocycles. The lowest BCUT2D eigenvalue weighted by atomic mass is 10.3.